The van der Waals surface area contributed by atoms with E-state index in [2.05, 4.69) is 22.1 Å². The van der Waals surface area contributed by atoms with Gasteiger partial charge in [0.25, 0.3) is 5.91 Å². The summed E-state index contributed by atoms with van der Waals surface area (Å²) in [5.41, 5.74) is 1.31. The number of amides is 2. The first-order valence-corrected chi connectivity index (χ1v) is 11.5. The zero-order chi connectivity index (χ0) is 23.3. The molecule has 1 N–H and O–H groups in total. The third kappa shape index (κ3) is 3.97. The van der Waals surface area contributed by atoms with Gasteiger partial charge in [0.2, 0.25) is 5.91 Å². The molecule has 3 aliphatic rings. The van der Waals surface area contributed by atoms with Crippen LogP contribution in [0.25, 0.3) is 0 Å². The Balaban J connectivity index is 1.41. The van der Waals surface area contributed by atoms with Crippen molar-refractivity contribution < 1.29 is 18.4 Å². The van der Waals surface area contributed by atoms with Crippen LogP contribution in [0.3, 0.4) is 0 Å². The smallest absolute Gasteiger partial charge is 0.274 e. The van der Waals surface area contributed by atoms with Gasteiger partial charge in [0.05, 0.1) is 17.0 Å². The number of nitrogens with zero attached hydrogens (tertiary/aromatic N) is 2. The lowest BCUT2D eigenvalue weighted by molar-refractivity contribution is -0.126. The number of carbonyl (C=O) groups excluding carboxylic acids is 2. The first-order valence-electron chi connectivity index (χ1n) is 11.1. The fourth-order valence-corrected chi connectivity index (χ4v) is 4.77. The third-order valence-corrected chi connectivity index (χ3v) is 6.95. The lowest BCUT2D eigenvalue weighted by Crippen LogP contribution is -2.50. The molecule has 1 saturated carbocycles. The molecule has 33 heavy (non-hydrogen) atoms. The Hall–Kier alpha value is -2.98. The number of likely N-dealkylation sites (tertiary alicyclic amines) is 1. The summed E-state index contributed by atoms with van der Waals surface area (Å²) < 4.78 is 28.7. The Morgan fingerprint density at radius 2 is 2.03 bits per heavy atom. The number of hydrogen-bond acceptors (Lipinski definition) is 3. The maximum absolute atomic E-state index is 14.6. The molecule has 1 aromatic heterocycles. The Kier molecular flexibility index (Phi) is 5.57. The number of aromatic nitrogens is 1. The van der Waals surface area contributed by atoms with Crippen molar-refractivity contribution in [2.45, 2.75) is 50.7 Å². The van der Waals surface area contributed by atoms with Gasteiger partial charge < -0.3 is 10.2 Å². The molecule has 1 aliphatic heterocycles. The van der Waals surface area contributed by atoms with Crippen molar-refractivity contribution in [3.05, 3.63) is 63.9 Å². The molecule has 2 fully saturated rings. The van der Waals surface area contributed by atoms with Crippen LogP contribution in [0.5, 0.6) is 0 Å². The number of benzene rings is 1. The zero-order valence-electron chi connectivity index (χ0n) is 17.9. The van der Waals surface area contributed by atoms with Gasteiger partial charge in [-0.15, -0.1) is 0 Å². The van der Waals surface area contributed by atoms with Crippen molar-refractivity contribution in [3.8, 4) is 11.8 Å². The maximum atomic E-state index is 14.6. The lowest BCUT2D eigenvalue weighted by Gasteiger charge is -2.30. The molecule has 0 spiro atoms. The van der Waals surface area contributed by atoms with Crippen LogP contribution < -0.4 is 5.32 Å². The SMILES string of the molecule is CCc1ccnc(C(=O)N2[C@@H](C(=O)N[C@@H](c3cc(F)c(Cl)cc3F)C3CC3)C[C@H]3C#C[C@H]32)c1. The molecule has 4 atom stereocenters. The number of nitrogens with one attached hydrogen (secondary N) is 1. The molecular formula is C25H22ClF2N3O2. The minimum absolute atomic E-state index is 0.00505. The second-order valence-corrected chi connectivity index (χ2v) is 9.23. The predicted molar refractivity (Wildman–Crippen MR) is 118 cm³/mol. The van der Waals surface area contributed by atoms with Crippen molar-refractivity contribution in [1.82, 2.24) is 15.2 Å². The number of carbonyl (C=O) groups is 2. The molecule has 5 nitrogen and oxygen atoms in total. The second-order valence-electron chi connectivity index (χ2n) is 8.82. The van der Waals surface area contributed by atoms with Crippen LogP contribution in [-0.4, -0.2) is 33.8 Å². The lowest BCUT2D eigenvalue weighted by atomic mass is 9.92. The van der Waals surface area contributed by atoms with Crippen LogP contribution in [0, 0.1) is 35.3 Å². The van der Waals surface area contributed by atoms with E-state index in [9.17, 15) is 18.4 Å². The molecule has 1 aromatic carbocycles. The highest BCUT2D eigenvalue weighted by Crippen LogP contribution is 2.43. The molecule has 5 rings (SSSR count). The van der Waals surface area contributed by atoms with Gasteiger partial charge in [0.1, 0.15) is 29.4 Å². The summed E-state index contributed by atoms with van der Waals surface area (Å²) in [4.78, 5) is 32.5. The molecule has 0 radical (unpaired) electrons. The molecule has 2 heterocycles. The minimum Gasteiger partial charge on any atom is -0.347 e. The Morgan fingerprint density at radius 3 is 2.70 bits per heavy atom. The van der Waals surface area contributed by atoms with Gasteiger partial charge in [-0.25, -0.2) is 8.78 Å². The summed E-state index contributed by atoms with van der Waals surface area (Å²) in [6, 6.07) is 3.74. The number of hydrogen-bond donors (Lipinski definition) is 1. The fraction of sp³-hybridized carbons (Fsp3) is 0.400. The largest absolute Gasteiger partial charge is 0.347 e. The first kappa shape index (κ1) is 21.8. The van der Waals surface area contributed by atoms with Crippen LogP contribution in [0.15, 0.2) is 30.5 Å². The van der Waals surface area contributed by atoms with Crippen molar-refractivity contribution in [3.63, 3.8) is 0 Å². The summed E-state index contributed by atoms with van der Waals surface area (Å²) in [7, 11) is 0. The Morgan fingerprint density at radius 1 is 1.24 bits per heavy atom. The second kappa shape index (κ2) is 8.42. The highest BCUT2D eigenvalue weighted by molar-refractivity contribution is 6.30. The van der Waals surface area contributed by atoms with Crippen LogP contribution in [0.4, 0.5) is 8.78 Å². The molecule has 2 aromatic rings. The molecule has 1 saturated heterocycles. The van der Waals surface area contributed by atoms with Gasteiger partial charge in [-0.05, 0) is 61.4 Å². The molecule has 0 bridgehead atoms. The summed E-state index contributed by atoms with van der Waals surface area (Å²) in [5.74, 6) is 3.78. The highest BCUT2D eigenvalue weighted by Gasteiger charge is 2.50. The number of pyridine rings is 1. The first-order chi connectivity index (χ1) is 15.9. The van der Waals surface area contributed by atoms with Gasteiger partial charge >= 0.3 is 0 Å². The number of fused-ring (bicyclic) bond motifs is 1. The number of aryl methyl sites for hydroxylation is 1. The van der Waals surface area contributed by atoms with E-state index in [4.69, 9.17) is 11.6 Å². The number of rotatable bonds is 6. The zero-order valence-corrected chi connectivity index (χ0v) is 18.7. The van der Waals surface area contributed by atoms with Crippen LogP contribution in [0.1, 0.15) is 53.8 Å². The number of halogens is 3. The van der Waals surface area contributed by atoms with E-state index < -0.39 is 29.6 Å². The molecule has 170 valence electrons. The Bertz CT molecular complexity index is 1200. The summed E-state index contributed by atoms with van der Waals surface area (Å²) in [6.45, 7) is 1.99. The van der Waals surface area contributed by atoms with Crippen LogP contribution in [0.2, 0.25) is 5.02 Å². The third-order valence-electron chi connectivity index (χ3n) is 6.67. The molecular weight excluding hydrogens is 448 g/mol. The van der Waals surface area contributed by atoms with Gasteiger partial charge in [0, 0.05) is 11.8 Å². The maximum Gasteiger partial charge on any atom is 0.274 e. The van der Waals surface area contributed by atoms with E-state index in [0.29, 0.717) is 6.42 Å². The van der Waals surface area contributed by atoms with Crippen molar-refractivity contribution in [2.24, 2.45) is 11.8 Å². The molecule has 8 heteroatoms. The van der Waals surface area contributed by atoms with E-state index >= 15 is 0 Å². The van der Waals surface area contributed by atoms with Gasteiger partial charge in [-0.1, -0.05) is 30.4 Å². The van der Waals surface area contributed by atoms with Crippen molar-refractivity contribution >= 4 is 23.4 Å². The minimum atomic E-state index is -0.774. The summed E-state index contributed by atoms with van der Waals surface area (Å²) in [5, 5.41) is 2.59. The van der Waals surface area contributed by atoms with Crippen molar-refractivity contribution in [1.29, 1.82) is 0 Å². The summed E-state index contributed by atoms with van der Waals surface area (Å²) >= 11 is 5.70. The molecule has 2 aliphatic carbocycles. The van der Waals surface area contributed by atoms with E-state index in [1.807, 2.05) is 13.0 Å². The molecule has 0 unspecified atom stereocenters. The monoisotopic (exact) mass is 469 g/mol. The van der Waals surface area contributed by atoms with E-state index in [0.717, 1.165) is 37.0 Å². The quantitative estimate of drug-likeness (QED) is 0.512. The van der Waals surface area contributed by atoms with E-state index in [1.54, 1.807) is 12.3 Å². The fourth-order valence-electron chi connectivity index (χ4n) is 4.62. The predicted octanol–water partition coefficient (Wildman–Crippen LogP) is 4.06. The van der Waals surface area contributed by atoms with Gasteiger partial charge in [-0.2, -0.15) is 0 Å². The average Bonchev–Trinajstić information content (AvgIpc) is 3.59. The van der Waals surface area contributed by atoms with Gasteiger partial charge in [0.15, 0.2) is 0 Å². The van der Waals surface area contributed by atoms with Crippen LogP contribution in [-0.2, 0) is 11.2 Å². The van der Waals surface area contributed by atoms with Gasteiger partial charge in [-0.3, -0.25) is 14.6 Å². The highest BCUT2D eigenvalue weighted by atomic mass is 35.5. The average molecular weight is 470 g/mol. The topological polar surface area (TPSA) is 62.3 Å². The Labute approximate surface area is 195 Å². The summed E-state index contributed by atoms with van der Waals surface area (Å²) in [6.07, 6.45) is 4.33. The van der Waals surface area contributed by atoms with Crippen molar-refractivity contribution in [2.75, 3.05) is 0 Å². The standard InChI is InChI=1S/C25H22ClF2N3O2/c1-2-13-7-8-29-20(9-13)25(33)31-21-6-5-15(21)10-22(31)24(32)30-23(14-3-4-14)16-11-19(28)17(26)12-18(16)27/h7-9,11-12,14-15,21-23H,2-4,10H2,1H3,(H,30,32)/t15-,21-,22-,23-/m1/s1. The molecule has 2 amide bonds. The van der Waals surface area contributed by atoms with E-state index in [-0.39, 0.29) is 40.1 Å². The normalized spacial score (nSPS) is 23.8. The van der Waals surface area contributed by atoms with Crippen LogP contribution >= 0.6 is 11.6 Å². The van der Waals surface area contributed by atoms with E-state index in [1.165, 1.54) is 4.90 Å².